The summed E-state index contributed by atoms with van der Waals surface area (Å²) in [5.74, 6) is -1.01. The zero-order chi connectivity index (χ0) is 14.1. The van der Waals surface area contributed by atoms with E-state index < -0.39 is 11.4 Å². The molecule has 108 valence electrons. The number of carbonyl (C=O) groups excluding carboxylic acids is 1. The molecule has 0 heterocycles. The molecule has 0 aromatic carbocycles. The Morgan fingerprint density at radius 1 is 1.32 bits per heavy atom. The smallest absolute Gasteiger partial charge is 0.310 e. The van der Waals surface area contributed by atoms with Gasteiger partial charge < -0.3 is 15.2 Å². The normalized spacial score (nSPS) is 17.5. The first kappa shape index (κ1) is 15.5. The zero-order valence-corrected chi connectivity index (χ0v) is 11.3. The Labute approximate surface area is 114 Å². The first-order valence-electron chi connectivity index (χ1n) is 6.83. The van der Waals surface area contributed by atoms with Crippen LogP contribution in [0.3, 0.4) is 0 Å². The van der Waals surface area contributed by atoms with Crippen LogP contribution in [0.2, 0.25) is 0 Å². The Hall–Kier alpha value is -1.52. The molecule has 1 amide bonds. The van der Waals surface area contributed by atoms with Crippen LogP contribution in [0.5, 0.6) is 0 Å². The molecule has 0 aliphatic heterocycles. The number of carboxylic acids is 1. The summed E-state index contributed by atoms with van der Waals surface area (Å²) in [7, 11) is 0. The van der Waals surface area contributed by atoms with Crippen LogP contribution in [0.4, 0.5) is 0 Å². The number of hydrogen-bond acceptors (Lipinski definition) is 3. The van der Waals surface area contributed by atoms with Gasteiger partial charge in [-0.1, -0.05) is 25.8 Å². The minimum absolute atomic E-state index is 0.0879. The molecule has 0 aromatic rings. The standard InChI is InChI=1S/C14H23NO4/c1-2-19-10-6-9-15-12(16)11-14(13(17)18)7-4-3-5-8-14/h2H,1,3-11H2,(H,15,16)(H,17,18). The molecule has 0 saturated heterocycles. The highest BCUT2D eigenvalue weighted by molar-refractivity contribution is 5.85. The maximum Gasteiger partial charge on any atom is 0.310 e. The van der Waals surface area contributed by atoms with Crippen LogP contribution < -0.4 is 5.32 Å². The maximum atomic E-state index is 11.8. The number of carboxylic acid groups (broad SMARTS) is 1. The van der Waals surface area contributed by atoms with E-state index in [1.165, 1.54) is 6.26 Å². The predicted octanol–water partition coefficient (Wildman–Crippen LogP) is 2.08. The second-order valence-electron chi connectivity index (χ2n) is 5.06. The number of carbonyl (C=O) groups is 2. The van der Waals surface area contributed by atoms with E-state index in [-0.39, 0.29) is 12.3 Å². The van der Waals surface area contributed by atoms with Gasteiger partial charge in [-0.2, -0.15) is 0 Å². The number of ether oxygens (including phenoxy) is 1. The average Bonchev–Trinajstić information content (AvgIpc) is 2.39. The Balaban J connectivity index is 2.35. The van der Waals surface area contributed by atoms with E-state index in [9.17, 15) is 14.7 Å². The summed E-state index contributed by atoms with van der Waals surface area (Å²) in [5, 5.41) is 12.1. The van der Waals surface area contributed by atoms with Crippen molar-refractivity contribution >= 4 is 11.9 Å². The second-order valence-corrected chi connectivity index (χ2v) is 5.06. The molecule has 0 bridgehead atoms. The summed E-state index contributed by atoms with van der Waals surface area (Å²) in [4.78, 5) is 23.2. The summed E-state index contributed by atoms with van der Waals surface area (Å²) in [6.45, 7) is 4.43. The van der Waals surface area contributed by atoms with Gasteiger partial charge in [-0.3, -0.25) is 9.59 Å². The first-order chi connectivity index (χ1) is 9.10. The van der Waals surface area contributed by atoms with Crippen molar-refractivity contribution in [2.24, 2.45) is 5.41 Å². The van der Waals surface area contributed by atoms with Crippen LogP contribution in [-0.2, 0) is 14.3 Å². The van der Waals surface area contributed by atoms with Crippen molar-refractivity contribution in [2.45, 2.75) is 44.9 Å². The van der Waals surface area contributed by atoms with Gasteiger partial charge in [0.15, 0.2) is 0 Å². The van der Waals surface area contributed by atoms with Crippen molar-refractivity contribution in [2.75, 3.05) is 13.2 Å². The topological polar surface area (TPSA) is 75.6 Å². The van der Waals surface area contributed by atoms with E-state index in [2.05, 4.69) is 11.9 Å². The third kappa shape index (κ3) is 4.93. The molecule has 5 heteroatoms. The molecule has 1 fully saturated rings. The van der Waals surface area contributed by atoms with Gasteiger partial charge in [0, 0.05) is 13.0 Å². The van der Waals surface area contributed by atoms with Crippen LogP contribution in [0.25, 0.3) is 0 Å². The minimum atomic E-state index is -0.847. The van der Waals surface area contributed by atoms with Gasteiger partial charge in [0.2, 0.25) is 5.91 Å². The van der Waals surface area contributed by atoms with Crippen molar-refractivity contribution in [3.63, 3.8) is 0 Å². The van der Waals surface area contributed by atoms with Crippen molar-refractivity contribution in [1.29, 1.82) is 0 Å². The lowest BCUT2D eigenvalue weighted by Gasteiger charge is -2.32. The van der Waals surface area contributed by atoms with Gasteiger partial charge in [-0.05, 0) is 19.3 Å². The summed E-state index contributed by atoms with van der Waals surface area (Å²) in [5.41, 5.74) is -0.847. The largest absolute Gasteiger partial charge is 0.502 e. The molecule has 0 atom stereocenters. The Morgan fingerprint density at radius 2 is 2.00 bits per heavy atom. The SMILES string of the molecule is C=COCCCNC(=O)CC1(C(=O)O)CCCCC1. The summed E-state index contributed by atoms with van der Waals surface area (Å²) in [6, 6.07) is 0. The van der Waals surface area contributed by atoms with E-state index in [4.69, 9.17) is 4.74 Å². The van der Waals surface area contributed by atoms with Gasteiger partial charge in [0.25, 0.3) is 0 Å². The van der Waals surface area contributed by atoms with E-state index in [1.54, 1.807) is 0 Å². The van der Waals surface area contributed by atoms with E-state index in [0.717, 1.165) is 19.3 Å². The minimum Gasteiger partial charge on any atom is -0.502 e. The van der Waals surface area contributed by atoms with Gasteiger partial charge in [0.05, 0.1) is 18.3 Å². The summed E-state index contributed by atoms with van der Waals surface area (Å²) < 4.78 is 4.94. The summed E-state index contributed by atoms with van der Waals surface area (Å²) in [6.07, 6.45) is 6.21. The predicted molar refractivity (Wildman–Crippen MR) is 71.5 cm³/mol. The molecular weight excluding hydrogens is 246 g/mol. The Kier molecular flexibility index (Phi) is 6.39. The maximum absolute atomic E-state index is 11.8. The molecular formula is C14H23NO4. The number of hydrogen-bond donors (Lipinski definition) is 2. The molecule has 1 saturated carbocycles. The molecule has 2 N–H and O–H groups in total. The van der Waals surface area contributed by atoms with Crippen molar-refractivity contribution in [3.05, 3.63) is 12.8 Å². The lowest BCUT2D eigenvalue weighted by atomic mass is 9.71. The lowest BCUT2D eigenvalue weighted by Crippen LogP contribution is -2.39. The third-order valence-corrected chi connectivity index (χ3v) is 3.64. The van der Waals surface area contributed by atoms with Crippen molar-refractivity contribution in [1.82, 2.24) is 5.32 Å². The van der Waals surface area contributed by atoms with E-state index in [1.807, 2.05) is 0 Å². The highest BCUT2D eigenvalue weighted by Gasteiger charge is 2.41. The lowest BCUT2D eigenvalue weighted by molar-refractivity contribution is -0.154. The van der Waals surface area contributed by atoms with Crippen molar-refractivity contribution in [3.8, 4) is 0 Å². The second kappa shape index (κ2) is 7.81. The monoisotopic (exact) mass is 269 g/mol. The van der Waals surface area contributed by atoms with Crippen LogP contribution >= 0.6 is 0 Å². The average molecular weight is 269 g/mol. The number of aliphatic carboxylic acids is 1. The van der Waals surface area contributed by atoms with Gasteiger partial charge in [-0.25, -0.2) is 0 Å². The molecule has 0 aromatic heterocycles. The number of amides is 1. The molecule has 19 heavy (non-hydrogen) atoms. The molecule has 1 aliphatic carbocycles. The van der Waals surface area contributed by atoms with Gasteiger partial charge in [0.1, 0.15) is 0 Å². The quantitative estimate of drug-likeness (QED) is 0.522. The van der Waals surface area contributed by atoms with E-state index >= 15 is 0 Å². The summed E-state index contributed by atoms with van der Waals surface area (Å²) >= 11 is 0. The first-order valence-corrected chi connectivity index (χ1v) is 6.83. The zero-order valence-electron chi connectivity index (χ0n) is 11.3. The molecule has 0 radical (unpaired) electrons. The van der Waals surface area contributed by atoms with Crippen molar-refractivity contribution < 1.29 is 19.4 Å². The molecule has 5 nitrogen and oxygen atoms in total. The molecule has 0 unspecified atom stereocenters. The van der Waals surface area contributed by atoms with Crippen LogP contribution in [0.15, 0.2) is 12.8 Å². The number of nitrogens with one attached hydrogen (secondary N) is 1. The fourth-order valence-corrected chi connectivity index (χ4v) is 2.53. The number of rotatable bonds is 8. The molecule has 1 aliphatic rings. The Bertz CT molecular complexity index is 321. The Morgan fingerprint density at radius 3 is 2.58 bits per heavy atom. The fraction of sp³-hybridized carbons (Fsp3) is 0.714. The molecule has 0 spiro atoms. The third-order valence-electron chi connectivity index (χ3n) is 3.64. The van der Waals surface area contributed by atoms with Crippen LogP contribution in [0.1, 0.15) is 44.9 Å². The highest BCUT2D eigenvalue weighted by Crippen LogP contribution is 2.39. The van der Waals surface area contributed by atoms with Crippen LogP contribution in [0, 0.1) is 5.41 Å². The van der Waals surface area contributed by atoms with Gasteiger partial charge in [-0.15, -0.1) is 0 Å². The fourth-order valence-electron chi connectivity index (χ4n) is 2.53. The van der Waals surface area contributed by atoms with E-state index in [0.29, 0.717) is 32.4 Å². The highest BCUT2D eigenvalue weighted by atomic mass is 16.5. The molecule has 1 rings (SSSR count). The van der Waals surface area contributed by atoms with Crippen LogP contribution in [-0.4, -0.2) is 30.1 Å². The van der Waals surface area contributed by atoms with Gasteiger partial charge >= 0.3 is 5.97 Å².